The molecule has 1 amide bonds. The maximum Gasteiger partial charge on any atom is 0.360 e. The molecule has 0 aliphatic heterocycles. The van der Waals surface area contributed by atoms with Crippen LogP contribution in [0.2, 0.25) is 9.36 Å². The summed E-state index contributed by atoms with van der Waals surface area (Å²) in [6.07, 6.45) is 3.29. The largest absolute Gasteiger partial charge is 0.448 e. The molecule has 0 aromatic carbocycles. The van der Waals surface area contributed by atoms with E-state index in [1.54, 1.807) is 0 Å². The summed E-state index contributed by atoms with van der Waals surface area (Å²) in [5, 5.41) is 2.92. The lowest BCUT2D eigenvalue weighted by Crippen LogP contribution is -2.40. The number of nitrogens with zero attached hydrogens (tertiary/aromatic N) is 1. The zero-order chi connectivity index (χ0) is 14.7. The second-order valence-corrected chi connectivity index (χ2v) is 6.41. The number of amides is 1. The summed E-state index contributed by atoms with van der Waals surface area (Å²) in [7, 11) is 0. The molecule has 0 radical (unpaired) electrons. The highest BCUT2D eigenvalue weighted by Crippen LogP contribution is 2.30. The van der Waals surface area contributed by atoms with Crippen molar-refractivity contribution in [3.05, 3.63) is 15.1 Å². The van der Waals surface area contributed by atoms with Gasteiger partial charge in [0.2, 0.25) is 0 Å². The minimum absolute atomic E-state index is 0.0535. The Hall–Kier alpha value is -0.850. The number of carbonyl (C=O) groups is 2. The number of hydrogen-bond donors (Lipinski definition) is 1. The van der Waals surface area contributed by atoms with E-state index in [4.69, 9.17) is 27.9 Å². The Kier molecular flexibility index (Phi) is 5.23. The molecule has 0 bridgehead atoms. The van der Waals surface area contributed by atoms with Gasteiger partial charge < -0.3 is 10.1 Å². The van der Waals surface area contributed by atoms with Crippen molar-refractivity contribution in [3.8, 4) is 0 Å². The maximum absolute atomic E-state index is 11.9. The lowest BCUT2D eigenvalue weighted by atomic mass is 10.2. The number of rotatable bonds is 4. The van der Waals surface area contributed by atoms with Gasteiger partial charge in [0, 0.05) is 6.04 Å². The van der Waals surface area contributed by atoms with Crippen LogP contribution in [-0.2, 0) is 9.53 Å². The van der Waals surface area contributed by atoms with Gasteiger partial charge in [0.25, 0.3) is 5.91 Å². The fraction of sp³-hybridized carbons (Fsp3) is 0.583. The van der Waals surface area contributed by atoms with E-state index in [2.05, 4.69) is 9.69 Å². The number of halogens is 2. The number of esters is 1. The van der Waals surface area contributed by atoms with E-state index in [1.807, 2.05) is 0 Å². The lowest BCUT2D eigenvalue weighted by molar-refractivity contribution is -0.129. The minimum Gasteiger partial charge on any atom is -0.448 e. The Morgan fingerprint density at radius 2 is 2.05 bits per heavy atom. The van der Waals surface area contributed by atoms with Gasteiger partial charge >= 0.3 is 5.97 Å². The molecule has 1 aliphatic carbocycles. The van der Waals surface area contributed by atoms with Crippen LogP contribution in [0.15, 0.2) is 0 Å². The van der Waals surface area contributed by atoms with Gasteiger partial charge in [0.1, 0.15) is 9.36 Å². The van der Waals surface area contributed by atoms with Gasteiger partial charge in [0.15, 0.2) is 11.8 Å². The third-order valence-corrected chi connectivity index (χ3v) is 4.76. The average molecular weight is 337 g/mol. The van der Waals surface area contributed by atoms with E-state index < -0.39 is 12.1 Å². The van der Waals surface area contributed by atoms with E-state index in [9.17, 15) is 9.59 Å². The normalized spacial score (nSPS) is 16.9. The smallest absolute Gasteiger partial charge is 0.360 e. The molecule has 1 heterocycles. The zero-order valence-corrected chi connectivity index (χ0v) is 13.1. The zero-order valence-electron chi connectivity index (χ0n) is 10.8. The quantitative estimate of drug-likeness (QED) is 0.858. The summed E-state index contributed by atoms with van der Waals surface area (Å²) in [4.78, 5) is 23.7. The summed E-state index contributed by atoms with van der Waals surface area (Å²) >= 11 is 12.4. The van der Waals surface area contributed by atoms with E-state index in [0.717, 1.165) is 37.2 Å². The molecule has 20 heavy (non-hydrogen) atoms. The monoisotopic (exact) mass is 336 g/mol. The fourth-order valence-corrected chi connectivity index (χ4v) is 3.02. The van der Waals surface area contributed by atoms with Crippen LogP contribution in [0.3, 0.4) is 0 Å². The Morgan fingerprint density at radius 1 is 1.40 bits per heavy atom. The molecule has 1 atom stereocenters. The van der Waals surface area contributed by atoms with Crippen molar-refractivity contribution >= 4 is 46.6 Å². The third-order valence-electron chi connectivity index (χ3n) is 3.15. The molecule has 1 aromatic rings. The predicted octanol–water partition coefficient (Wildman–Crippen LogP) is 3.05. The van der Waals surface area contributed by atoms with Crippen molar-refractivity contribution in [3.63, 3.8) is 0 Å². The lowest BCUT2D eigenvalue weighted by Gasteiger charge is -2.16. The van der Waals surface area contributed by atoms with Crippen molar-refractivity contribution in [2.45, 2.75) is 44.8 Å². The van der Waals surface area contributed by atoms with E-state index >= 15 is 0 Å². The van der Waals surface area contributed by atoms with Gasteiger partial charge in [-0.15, -0.1) is 0 Å². The number of nitrogens with one attached hydrogen (secondary N) is 1. The van der Waals surface area contributed by atoms with Crippen LogP contribution in [0.1, 0.15) is 43.1 Å². The van der Waals surface area contributed by atoms with E-state index in [-0.39, 0.29) is 27.0 Å². The number of carbonyl (C=O) groups excluding carboxylic acids is 2. The van der Waals surface area contributed by atoms with Gasteiger partial charge in [0.05, 0.1) is 0 Å². The van der Waals surface area contributed by atoms with Crippen molar-refractivity contribution in [2.24, 2.45) is 0 Å². The van der Waals surface area contributed by atoms with Crippen molar-refractivity contribution in [1.29, 1.82) is 0 Å². The maximum atomic E-state index is 11.9. The molecule has 1 aromatic heterocycles. The van der Waals surface area contributed by atoms with Gasteiger partial charge in [-0.3, -0.25) is 4.79 Å². The van der Waals surface area contributed by atoms with Crippen LogP contribution in [-0.4, -0.2) is 28.4 Å². The second-order valence-electron chi connectivity index (χ2n) is 4.66. The molecule has 0 spiro atoms. The van der Waals surface area contributed by atoms with Gasteiger partial charge in [-0.1, -0.05) is 36.0 Å². The fourth-order valence-electron chi connectivity index (χ4n) is 2.04. The van der Waals surface area contributed by atoms with Crippen LogP contribution in [0, 0.1) is 0 Å². The Morgan fingerprint density at radius 3 is 2.60 bits per heavy atom. The molecule has 8 heteroatoms. The highest BCUT2D eigenvalue weighted by Gasteiger charge is 2.26. The SMILES string of the molecule is C[C@@H](OC(=O)c1nsc(Cl)c1Cl)C(=O)NC1CCCC1. The van der Waals surface area contributed by atoms with Gasteiger partial charge in [-0.25, -0.2) is 4.79 Å². The minimum atomic E-state index is -0.889. The van der Waals surface area contributed by atoms with E-state index in [0.29, 0.717) is 0 Å². The number of aromatic nitrogens is 1. The molecule has 5 nitrogen and oxygen atoms in total. The molecular weight excluding hydrogens is 323 g/mol. The van der Waals surface area contributed by atoms with Crippen LogP contribution in [0.25, 0.3) is 0 Å². The molecule has 1 fully saturated rings. The first-order valence-electron chi connectivity index (χ1n) is 6.31. The van der Waals surface area contributed by atoms with Crippen molar-refractivity contribution < 1.29 is 14.3 Å². The standard InChI is InChI=1S/C12H14Cl2N2O3S/c1-6(11(17)15-7-4-2-3-5-7)19-12(18)9-8(13)10(14)20-16-9/h6-7H,2-5H2,1H3,(H,15,17)/t6-/m1/s1. The van der Waals surface area contributed by atoms with Crippen LogP contribution in [0.4, 0.5) is 0 Å². The summed E-state index contributed by atoms with van der Waals surface area (Å²) in [6, 6.07) is 0.181. The third kappa shape index (κ3) is 3.62. The predicted molar refractivity (Wildman–Crippen MR) is 77.4 cm³/mol. The van der Waals surface area contributed by atoms with E-state index in [1.165, 1.54) is 6.92 Å². The topological polar surface area (TPSA) is 68.3 Å². The summed E-state index contributed by atoms with van der Waals surface area (Å²) in [5.41, 5.74) is -0.0535. The first-order valence-corrected chi connectivity index (χ1v) is 7.84. The molecule has 1 saturated carbocycles. The van der Waals surface area contributed by atoms with Gasteiger partial charge in [-0.2, -0.15) is 4.37 Å². The molecule has 1 aliphatic rings. The first-order chi connectivity index (χ1) is 9.49. The van der Waals surface area contributed by atoms with Gasteiger partial charge in [-0.05, 0) is 31.3 Å². The summed E-state index contributed by atoms with van der Waals surface area (Å²) < 4.78 is 9.08. The van der Waals surface area contributed by atoms with Crippen molar-refractivity contribution in [1.82, 2.24) is 9.69 Å². The van der Waals surface area contributed by atoms with Crippen LogP contribution >= 0.6 is 34.7 Å². The Bertz CT molecular complexity index is 515. The van der Waals surface area contributed by atoms with Crippen LogP contribution < -0.4 is 5.32 Å². The highest BCUT2D eigenvalue weighted by atomic mass is 35.5. The molecule has 0 saturated heterocycles. The number of hydrogen-bond acceptors (Lipinski definition) is 5. The Labute approximate surface area is 130 Å². The molecular formula is C12H14Cl2N2O3S. The first kappa shape index (κ1) is 15.5. The molecule has 2 rings (SSSR count). The molecule has 1 N–H and O–H groups in total. The summed E-state index contributed by atoms with van der Waals surface area (Å²) in [5.74, 6) is -1.05. The Balaban J connectivity index is 1.90. The molecule has 0 unspecified atom stereocenters. The van der Waals surface area contributed by atoms with Crippen molar-refractivity contribution in [2.75, 3.05) is 0 Å². The summed E-state index contributed by atoms with van der Waals surface area (Å²) in [6.45, 7) is 1.52. The molecule has 110 valence electrons. The average Bonchev–Trinajstić information content (AvgIpc) is 3.01. The van der Waals surface area contributed by atoms with Crippen LogP contribution in [0.5, 0.6) is 0 Å². The second kappa shape index (κ2) is 6.74. The number of ether oxygens (including phenoxy) is 1. The highest BCUT2D eigenvalue weighted by molar-refractivity contribution is 7.11.